The molecule has 1 unspecified atom stereocenters. The Morgan fingerprint density at radius 3 is 2.88 bits per heavy atom. The van der Waals surface area contributed by atoms with Crippen molar-refractivity contribution in [3.63, 3.8) is 0 Å². The number of guanidine groups is 1. The predicted octanol–water partition coefficient (Wildman–Crippen LogP) is 2.65. The van der Waals surface area contributed by atoms with E-state index < -0.39 is 0 Å². The summed E-state index contributed by atoms with van der Waals surface area (Å²) < 4.78 is 18.9. The Morgan fingerprint density at radius 1 is 1.35 bits per heavy atom. The molecule has 0 aromatic heterocycles. The number of likely N-dealkylation sites (tertiary alicyclic amines) is 1. The summed E-state index contributed by atoms with van der Waals surface area (Å²) in [5.41, 5.74) is 0.729. The third-order valence-electron chi connectivity index (χ3n) is 4.53. The molecule has 1 aromatic carbocycles. The van der Waals surface area contributed by atoms with Crippen molar-refractivity contribution in [2.75, 3.05) is 46.4 Å². The SMILES string of the molecule is CCNC(=NCC1CCCN1CCOC)NCCc1ccccc1F.I. The van der Waals surface area contributed by atoms with Gasteiger partial charge in [0.05, 0.1) is 13.2 Å². The van der Waals surface area contributed by atoms with Crippen LogP contribution in [0.3, 0.4) is 0 Å². The molecule has 26 heavy (non-hydrogen) atoms. The molecule has 1 aromatic rings. The number of nitrogens with zero attached hydrogens (tertiary/aromatic N) is 2. The van der Waals surface area contributed by atoms with Crippen LogP contribution >= 0.6 is 24.0 Å². The molecule has 1 aliphatic heterocycles. The molecule has 5 nitrogen and oxygen atoms in total. The van der Waals surface area contributed by atoms with E-state index in [0.717, 1.165) is 44.3 Å². The van der Waals surface area contributed by atoms with Gasteiger partial charge in [0, 0.05) is 32.8 Å². The van der Waals surface area contributed by atoms with Crippen LogP contribution in [0.1, 0.15) is 25.3 Å². The van der Waals surface area contributed by atoms with Crippen molar-refractivity contribution in [3.05, 3.63) is 35.6 Å². The van der Waals surface area contributed by atoms with E-state index in [-0.39, 0.29) is 29.8 Å². The minimum absolute atomic E-state index is 0. The van der Waals surface area contributed by atoms with E-state index in [4.69, 9.17) is 9.73 Å². The molecule has 0 aliphatic carbocycles. The minimum atomic E-state index is -0.147. The molecule has 1 heterocycles. The highest BCUT2D eigenvalue weighted by Crippen LogP contribution is 2.16. The van der Waals surface area contributed by atoms with Gasteiger partial charge in [0.1, 0.15) is 5.82 Å². The molecule has 1 fully saturated rings. The maximum absolute atomic E-state index is 13.7. The van der Waals surface area contributed by atoms with Crippen LogP contribution in [-0.2, 0) is 11.2 Å². The number of hydrogen-bond acceptors (Lipinski definition) is 3. The molecule has 0 saturated carbocycles. The maximum atomic E-state index is 13.7. The van der Waals surface area contributed by atoms with Gasteiger partial charge in [-0.15, -0.1) is 24.0 Å². The van der Waals surface area contributed by atoms with E-state index in [0.29, 0.717) is 19.0 Å². The van der Waals surface area contributed by atoms with Crippen LogP contribution in [0.5, 0.6) is 0 Å². The van der Waals surface area contributed by atoms with Gasteiger partial charge in [-0.25, -0.2) is 4.39 Å². The molecular formula is C19H32FIN4O. The van der Waals surface area contributed by atoms with Crippen molar-refractivity contribution < 1.29 is 9.13 Å². The normalized spacial score (nSPS) is 17.8. The van der Waals surface area contributed by atoms with E-state index in [1.165, 1.54) is 18.9 Å². The average molecular weight is 478 g/mol. The zero-order chi connectivity index (χ0) is 17.9. The molecule has 0 spiro atoms. The second-order valence-electron chi connectivity index (χ2n) is 6.31. The van der Waals surface area contributed by atoms with Crippen molar-refractivity contribution in [2.24, 2.45) is 4.99 Å². The Hall–Kier alpha value is -0.930. The number of aliphatic imine (C=N–C) groups is 1. The molecule has 148 valence electrons. The van der Waals surface area contributed by atoms with E-state index in [1.807, 2.05) is 12.1 Å². The molecule has 0 amide bonds. The Labute approximate surface area is 173 Å². The lowest BCUT2D eigenvalue weighted by molar-refractivity contribution is 0.142. The first kappa shape index (κ1) is 23.1. The zero-order valence-electron chi connectivity index (χ0n) is 15.8. The lowest BCUT2D eigenvalue weighted by Crippen LogP contribution is -2.40. The van der Waals surface area contributed by atoms with Crippen LogP contribution in [-0.4, -0.2) is 63.3 Å². The van der Waals surface area contributed by atoms with Gasteiger partial charge in [0.2, 0.25) is 0 Å². The van der Waals surface area contributed by atoms with Crippen LogP contribution in [0.2, 0.25) is 0 Å². The zero-order valence-corrected chi connectivity index (χ0v) is 18.2. The van der Waals surface area contributed by atoms with Crippen molar-refractivity contribution in [1.82, 2.24) is 15.5 Å². The fourth-order valence-electron chi connectivity index (χ4n) is 3.16. The van der Waals surface area contributed by atoms with Crippen LogP contribution in [0.25, 0.3) is 0 Å². The van der Waals surface area contributed by atoms with Gasteiger partial charge in [-0.2, -0.15) is 0 Å². The van der Waals surface area contributed by atoms with Gasteiger partial charge in [0.25, 0.3) is 0 Å². The molecule has 1 aliphatic rings. The number of halogens is 2. The van der Waals surface area contributed by atoms with E-state index in [2.05, 4.69) is 22.5 Å². The number of methoxy groups -OCH3 is 1. The van der Waals surface area contributed by atoms with E-state index >= 15 is 0 Å². The van der Waals surface area contributed by atoms with Crippen LogP contribution in [0.4, 0.5) is 4.39 Å². The molecule has 1 saturated heterocycles. The maximum Gasteiger partial charge on any atom is 0.191 e. The summed E-state index contributed by atoms with van der Waals surface area (Å²) in [7, 11) is 1.74. The Bertz CT molecular complexity index is 544. The first-order valence-corrected chi connectivity index (χ1v) is 9.23. The molecule has 2 rings (SSSR count). The Kier molecular flexibility index (Phi) is 11.8. The quantitative estimate of drug-likeness (QED) is 0.326. The largest absolute Gasteiger partial charge is 0.383 e. The summed E-state index contributed by atoms with van der Waals surface area (Å²) in [6.07, 6.45) is 3.05. The summed E-state index contributed by atoms with van der Waals surface area (Å²) >= 11 is 0. The van der Waals surface area contributed by atoms with Gasteiger partial charge in [-0.3, -0.25) is 9.89 Å². The molecule has 7 heteroatoms. The van der Waals surface area contributed by atoms with Crippen molar-refractivity contribution in [3.8, 4) is 0 Å². The van der Waals surface area contributed by atoms with Crippen molar-refractivity contribution >= 4 is 29.9 Å². The second-order valence-corrected chi connectivity index (χ2v) is 6.31. The van der Waals surface area contributed by atoms with Gasteiger partial charge < -0.3 is 15.4 Å². The topological polar surface area (TPSA) is 48.9 Å². The van der Waals surface area contributed by atoms with Crippen molar-refractivity contribution in [1.29, 1.82) is 0 Å². The highest BCUT2D eigenvalue weighted by atomic mass is 127. The summed E-state index contributed by atoms with van der Waals surface area (Å²) in [5.74, 6) is 0.656. The predicted molar refractivity (Wildman–Crippen MR) is 116 cm³/mol. The Morgan fingerprint density at radius 2 is 2.15 bits per heavy atom. The monoisotopic (exact) mass is 478 g/mol. The number of ether oxygens (including phenoxy) is 1. The highest BCUT2D eigenvalue weighted by Gasteiger charge is 2.23. The van der Waals surface area contributed by atoms with Crippen LogP contribution in [0.15, 0.2) is 29.3 Å². The molecule has 1 atom stereocenters. The lowest BCUT2D eigenvalue weighted by Gasteiger charge is -2.23. The van der Waals surface area contributed by atoms with Crippen LogP contribution < -0.4 is 10.6 Å². The van der Waals surface area contributed by atoms with Gasteiger partial charge >= 0.3 is 0 Å². The molecule has 0 radical (unpaired) electrons. The third-order valence-corrected chi connectivity index (χ3v) is 4.53. The highest BCUT2D eigenvalue weighted by molar-refractivity contribution is 14.0. The summed E-state index contributed by atoms with van der Waals surface area (Å²) in [6, 6.07) is 7.40. The van der Waals surface area contributed by atoms with Crippen molar-refractivity contribution in [2.45, 2.75) is 32.2 Å². The molecule has 0 bridgehead atoms. The average Bonchev–Trinajstić information content (AvgIpc) is 3.07. The second kappa shape index (κ2) is 13.3. The van der Waals surface area contributed by atoms with Gasteiger partial charge in [-0.05, 0) is 44.4 Å². The number of hydrogen-bond donors (Lipinski definition) is 2. The first-order valence-electron chi connectivity index (χ1n) is 9.23. The third kappa shape index (κ3) is 7.75. The molecule has 2 N–H and O–H groups in total. The first-order chi connectivity index (χ1) is 12.2. The molecular weight excluding hydrogens is 446 g/mol. The smallest absolute Gasteiger partial charge is 0.191 e. The Balaban J connectivity index is 0.00000338. The standard InChI is InChI=1S/C19H31FN4O.HI/c1-3-21-19(22-11-10-16-7-4-5-9-18(16)20)23-15-17-8-6-12-24(17)13-14-25-2;/h4-5,7,9,17H,3,6,8,10-15H2,1-2H3,(H2,21,22,23);1H. The van der Waals surface area contributed by atoms with E-state index in [9.17, 15) is 4.39 Å². The summed E-state index contributed by atoms with van der Waals surface area (Å²) in [6.45, 7) is 7.15. The minimum Gasteiger partial charge on any atom is -0.383 e. The van der Waals surface area contributed by atoms with Crippen LogP contribution in [0, 0.1) is 5.82 Å². The number of benzene rings is 1. The lowest BCUT2D eigenvalue weighted by atomic mass is 10.1. The fraction of sp³-hybridized carbons (Fsp3) is 0.632. The van der Waals surface area contributed by atoms with E-state index in [1.54, 1.807) is 13.2 Å². The van der Waals surface area contributed by atoms with Gasteiger partial charge in [0.15, 0.2) is 5.96 Å². The number of nitrogens with one attached hydrogen (secondary N) is 2. The number of rotatable bonds is 9. The fourth-order valence-corrected chi connectivity index (χ4v) is 3.16. The van der Waals surface area contributed by atoms with Gasteiger partial charge in [-0.1, -0.05) is 18.2 Å². The summed E-state index contributed by atoms with van der Waals surface area (Å²) in [4.78, 5) is 7.18. The summed E-state index contributed by atoms with van der Waals surface area (Å²) in [5, 5.41) is 6.57.